The minimum Gasteiger partial charge on any atom is -0.481 e. The molecule has 158 valence electrons. The van der Waals surface area contributed by atoms with Crippen LogP contribution in [0.2, 0.25) is 0 Å². The van der Waals surface area contributed by atoms with Crippen LogP contribution in [0.15, 0.2) is 30.3 Å². The Kier molecular flexibility index (Phi) is 9.26. The van der Waals surface area contributed by atoms with E-state index in [9.17, 15) is 24.0 Å². The second-order valence-electron chi connectivity index (χ2n) is 6.36. The van der Waals surface area contributed by atoms with Crippen LogP contribution in [0, 0.1) is 0 Å². The van der Waals surface area contributed by atoms with Gasteiger partial charge in [0, 0.05) is 12.8 Å². The molecule has 3 unspecified atom stereocenters. The van der Waals surface area contributed by atoms with E-state index in [1.807, 2.05) is 0 Å². The van der Waals surface area contributed by atoms with Gasteiger partial charge in [0.05, 0.1) is 12.5 Å². The third-order valence-electron chi connectivity index (χ3n) is 3.94. The minimum absolute atomic E-state index is 0.0208. The number of hydrogen-bond donors (Lipinski definition) is 6. The molecule has 0 radical (unpaired) electrons. The highest BCUT2D eigenvalue weighted by molar-refractivity contribution is 5.93. The summed E-state index contributed by atoms with van der Waals surface area (Å²) in [7, 11) is 0. The van der Waals surface area contributed by atoms with Gasteiger partial charge >= 0.3 is 11.9 Å². The molecule has 1 aromatic rings. The van der Waals surface area contributed by atoms with Crippen LogP contribution in [-0.4, -0.2) is 58.0 Å². The lowest BCUT2D eigenvalue weighted by molar-refractivity contribution is -0.143. The molecule has 0 heterocycles. The van der Waals surface area contributed by atoms with Gasteiger partial charge in [0.15, 0.2) is 0 Å². The van der Waals surface area contributed by atoms with E-state index in [0.29, 0.717) is 5.56 Å². The predicted octanol–water partition coefficient (Wildman–Crippen LogP) is -1.65. The molecule has 0 saturated carbocycles. The Morgan fingerprint density at radius 2 is 1.52 bits per heavy atom. The van der Waals surface area contributed by atoms with Crippen LogP contribution in [0.5, 0.6) is 0 Å². The predicted molar refractivity (Wildman–Crippen MR) is 100 cm³/mol. The number of hydrogen-bond acceptors (Lipinski definition) is 6. The fraction of sp³-hybridized carbons (Fsp3) is 0.389. The zero-order chi connectivity index (χ0) is 22.0. The van der Waals surface area contributed by atoms with Crippen LogP contribution in [0.3, 0.4) is 0 Å². The van der Waals surface area contributed by atoms with Crippen molar-refractivity contribution in [3.63, 3.8) is 0 Å². The fourth-order valence-electron chi connectivity index (χ4n) is 2.42. The molecule has 0 aliphatic heterocycles. The number of nitrogens with one attached hydrogen (secondary N) is 2. The lowest BCUT2D eigenvalue weighted by Gasteiger charge is -2.22. The molecule has 0 spiro atoms. The molecule has 3 atom stereocenters. The summed E-state index contributed by atoms with van der Waals surface area (Å²) in [6.07, 6.45) is -1.07. The van der Waals surface area contributed by atoms with E-state index in [1.54, 1.807) is 30.3 Å². The van der Waals surface area contributed by atoms with Gasteiger partial charge in [-0.2, -0.15) is 0 Å². The molecule has 0 bridgehead atoms. The van der Waals surface area contributed by atoms with Crippen molar-refractivity contribution in [2.24, 2.45) is 11.5 Å². The first-order valence-corrected chi connectivity index (χ1v) is 8.73. The maximum absolute atomic E-state index is 12.6. The summed E-state index contributed by atoms with van der Waals surface area (Å²) in [6, 6.07) is 4.68. The quantitative estimate of drug-likeness (QED) is 0.236. The summed E-state index contributed by atoms with van der Waals surface area (Å²) < 4.78 is 0. The molecule has 11 heteroatoms. The molecule has 0 aromatic heterocycles. The van der Waals surface area contributed by atoms with Crippen LogP contribution in [0.25, 0.3) is 0 Å². The second kappa shape index (κ2) is 11.4. The topological polar surface area (TPSA) is 202 Å². The van der Waals surface area contributed by atoms with Gasteiger partial charge in [-0.1, -0.05) is 30.3 Å². The van der Waals surface area contributed by atoms with Crippen molar-refractivity contribution in [1.82, 2.24) is 10.6 Å². The van der Waals surface area contributed by atoms with Crippen molar-refractivity contribution in [2.45, 2.75) is 43.8 Å². The maximum atomic E-state index is 12.6. The molecule has 0 saturated heterocycles. The number of rotatable bonds is 12. The van der Waals surface area contributed by atoms with E-state index in [-0.39, 0.29) is 19.3 Å². The molecule has 3 amide bonds. The Balaban J connectivity index is 2.93. The summed E-state index contributed by atoms with van der Waals surface area (Å²) in [5.41, 5.74) is 11.3. The first kappa shape index (κ1) is 23.6. The van der Waals surface area contributed by atoms with Crippen molar-refractivity contribution in [2.75, 3.05) is 0 Å². The molecule has 29 heavy (non-hydrogen) atoms. The SMILES string of the molecule is NC(=O)CC(NC(=O)C(Cc1ccccc1)NC(=O)C(N)CCC(=O)O)C(=O)O. The molecular formula is C18H24N4O7. The van der Waals surface area contributed by atoms with E-state index in [1.165, 1.54) is 0 Å². The van der Waals surface area contributed by atoms with Gasteiger partial charge in [0.1, 0.15) is 12.1 Å². The molecular weight excluding hydrogens is 384 g/mol. The van der Waals surface area contributed by atoms with Gasteiger partial charge < -0.3 is 32.3 Å². The summed E-state index contributed by atoms with van der Waals surface area (Å²) >= 11 is 0. The van der Waals surface area contributed by atoms with E-state index >= 15 is 0 Å². The van der Waals surface area contributed by atoms with Crippen molar-refractivity contribution in [3.05, 3.63) is 35.9 Å². The van der Waals surface area contributed by atoms with Gasteiger partial charge in [-0.15, -0.1) is 0 Å². The number of carbonyl (C=O) groups excluding carboxylic acids is 3. The lowest BCUT2D eigenvalue weighted by atomic mass is 10.0. The highest BCUT2D eigenvalue weighted by Crippen LogP contribution is 2.06. The van der Waals surface area contributed by atoms with Gasteiger partial charge in [0.2, 0.25) is 17.7 Å². The van der Waals surface area contributed by atoms with E-state index in [2.05, 4.69) is 10.6 Å². The Morgan fingerprint density at radius 3 is 2.03 bits per heavy atom. The van der Waals surface area contributed by atoms with Crippen LogP contribution >= 0.6 is 0 Å². The zero-order valence-corrected chi connectivity index (χ0v) is 15.5. The first-order valence-electron chi connectivity index (χ1n) is 8.73. The molecule has 0 aliphatic rings. The van der Waals surface area contributed by atoms with Crippen LogP contribution in [-0.2, 0) is 30.4 Å². The number of primary amides is 1. The first-order chi connectivity index (χ1) is 13.6. The molecule has 1 rings (SSSR count). The van der Waals surface area contributed by atoms with Gasteiger partial charge in [-0.25, -0.2) is 4.79 Å². The Morgan fingerprint density at radius 1 is 0.931 bits per heavy atom. The highest BCUT2D eigenvalue weighted by Gasteiger charge is 2.29. The molecule has 11 nitrogen and oxygen atoms in total. The third kappa shape index (κ3) is 8.84. The zero-order valence-electron chi connectivity index (χ0n) is 15.5. The standard InChI is InChI=1S/C18H24N4O7/c19-11(6-7-15(24)25)16(26)21-12(8-10-4-2-1-3-5-10)17(27)22-13(18(28)29)9-14(20)23/h1-5,11-13H,6-9,19H2,(H2,20,23)(H,21,26)(H,22,27)(H,24,25)(H,28,29). The number of carboxylic acids is 2. The van der Waals surface area contributed by atoms with Crippen LogP contribution < -0.4 is 22.1 Å². The smallest absolute Gasteiger partial charge is 0.326 e. The third-order valence-corrected chi connectivity index (χ3v) is 3.94. The number of aliphatic carboxylic acids is 2. The number of carboxylic acid groups (broad SMARTS) is 2. The Labute approximate surface area is 166 Å². The normalized spacial score (nSPS) is 13.6. The summed E-state index contributed by atoms with van der Waals surface area (Å²) in [6.45, 7) is 0. The molecule has 1 aromatic carbocycles. The average Bonchev–Trinajstić information content (AvgIpc) is 2.65. The van der Waals surface area contributed by atoms with Gasteiger partial charge in [-0.3, -0.25) is 19.2 Å². The van der Waals surface area contributed by atoms with Gasteiger partial charge in [0.25, 0.3) is 0 Å². The van der Waals surface area contributed by atoms with Crippen LogP contribution in [0.4, 0.5) is 0 Å². The van der Waals surface area contributed by atoms with E-state index < -0.39 is 54.2 Å². The summed E-state index contributed by atoms with van der Waals surface area (Å²) in [4.78, 5) is 57.7. The van der Waals surface area contributed by atoms with E-state index in [4.69, 9.17) is 21.7 Å². The fourth-order valence-corrected chi connectivity index (χ4v) is 2.42. The monoisotopic (exact) mass is 408 g/mol. The molecule has 8 N–H and O–H groups in total. The average molecular weight is 408 g/mol. The van der Waals surface area contributed by atoms with Crippen molar-refractivity contribution in [1.29, 1.82) is 0 Å². The van der Waals surface area contributed by atoms with Crippen molar-refractivity contribution >= 4 is 29.7 Å². The number of amides is 3. The number of benzene rings is 1. The largest absolute Gasteiger partial charge is 0.481 e. The highest BCUT2D eigenvalue weighted by atomic mass is 16.4. The molecule has 0 aliphatic carbocycles. The minimum atomic E-state index is -1.56. The number of carbonyl (C=O) groups is 5. The Hall–Kier alpha value is -3.47. The van der Waals surface area contributed by atoms with Gasteiger partial charge in [-0.05, 0) is 12.0 Å². The number of nitrogens with two attached hydrogens (primary N) is 2. The maximum Gasteiger partial charge on any atom is 0.326 e. The second-order valence-corrected chi connectivity index (χ2v) is 6.36. The molecule has 0 fully saturated rings. The van der Waals surface area contributed by atoms with Crippen LogP contribution in [0.1, 0.15) is 24.8 Å². The summed E-state index contributed by atoms with van der Waals surface area (Å²) in [5.74, 6) is -5.11. The van der Waals surface area contributed by atoms with Crippen molar-refractivity contribution < 1.29 is 34.2 Å². The lowest BCUT2D eigenvalue weighted by Crippen LogP contribution is -2.55. The van der Waals surface area contributed by atoms with Crippen molar-refractivity contribution in [3.8, 4) is 0 Å². The van der Waals surface area contributed by atoms with E-state index in [0.717, 1.165) is 0 Å². The Bertz CT molecular complexity index is 754. The summed E-state index contributed by atoms with van der Waals surface area (Å²) in [5, 5.41) is 22.4.